The van der Waals surface area contributed by atoms with Gasteiger partial charge < -0.3 is 5.73 Å². The minimum atomic E-state index is 0.609. The van der Waals surface area contributed by atoms with Gasteiger partial charge in [0.25, 0.3) is 0 Å². The van der Waals surface area contributed by atoms with E-state index in [2.05, 4.69) is 25.7 Å². The summed E-state index contributed by atoms with van der Waals surface area (Å²) in [5.41, 5.74) is 5.94. The van der Waals surface area contributed by atoms with Gasteiger partial charge in [-0.1, -0.05) is 111 Å². The van der Waals surface area contributed by atoms with Gasteiger partial charge in [-0.2, -0.15) is 0 Å². The van der Waals surface area contributed by atoms with Crippen molar-refractivity contribution in [2.24, 2.45) is 5.73 Å². The summed E-state index contributed by atoms with van der Waals surface area (Å²) in [7, 11) is 0. The Morgan fingerprint density at radius 1 is 0.583 bits per heavy atom. The maximum absolute atomic E-state index is 5.94. The number of nitrogens with zero attached hydrogens (tertiary/aromatic N) is 1. The zero-order valence-electron chi connectivity index (χ0n) is 17.3. The molecule has 0 aliphatic rings. The zero-order valence-corrected chi connectivity index (χ0v) is 17.3. The van der Waals surface area contributed by atoms with Crippen LogP contribution in [0.25, 0.3) is 0 Å². The summed E-state index contributed by atoms with van der Waals surface area (Å²) in [5.74, 6) is 0. The fraction of sp³-hybridized carbons (Fsp3) is 1.00. The molecule has 2 heteroatoms. The summed E-state index contributed by atoms with van der Waals surface area (Å²) in [5, 5.41) is 0. The van der Waals surface area contributed by atoms with Gasteiger partial charge in [-0.25, -0.2) is 0 Å². The Balaban J connectivity index is 3.27. The number of nitrogens with two attached hydrogens (primary N) is 1. The molecular weight excluding hydrogens is 292 g/mol. The average molecular weight is 341 g/mol. The lowest BCUT2D eigenvalue weighted by molar-refractivity contribution is 0.207. The molecule has 0 aliphatic heterocycles. The van der Waals surface area contributed by atoms with Crippen LogP contribution >= 0.6 is 0 Å². The Bertz CT molecular complexity index is 226. The number of hydrogen-bond acceptors (Lipinski definition) is 2. The standard InChI is InChI=1S/C22H48N2/c1-4-7-8-9-10-11-12-13-14-15-16-17-18-19-20-22(21-23)24(5-2)6-3/h22H,4-21,23H2,1-3H3. The zero-order chi connectivity index (χ0) is 17.9. The van der Waals surface area contributed by atoms with Gasteiger partial charge in [0.2, 0.25) is 0 Å². The monoisotopic (exact) mass is 340 g/mol. The van der Waals surface area contributed by atoms with Crippen molar-refractivity contribution in [3.05, 3.63) is 0 Å². The second-order valence-corrected chi connectivity index (χ2v) is 7.50. The van der Waals surface area contributed by atoms with E-state index >= 15 is 0 Å². The first-order valence-corrected chi connectivity index (χ1v) is 11.2. The van der Waals surface area contributed by atoms with Crippen molar-refractivity contribution in [2.45, 2.75) is 123 Å². The highest BCUT2D eigenvalue weighted by atomic mass is 15.1. The third-order valence-corrected chi connectivity index (χ3v) is 5.49. The lowest BCUT2D eigenvalue weighted by atomic mass is 10.0. The Morgan fingerprint density at radius 3 is 1.29 bits per heavy atom. The Hall–Kier alpha value is -0.0800. The lowest BCUT2D eigenvalue weighted by Gasteiger charge is -2.28. The van der Waals surface area contributed by atoms with Crippen LogP contribution < -0.4 is 5.73 Å². The molecule has 0 saturated carbocycles. The minimum Gasteiger partial charge on any atom is -0.329 e. The van der Waals surface area contributed by atoms with Crippen molar-refractivity contribution >= 4 is 0 Å². The Morgan fingerprint density at radius 2 is 0.958 bits per heavy atom. The van der Waals surface area contributed by atoms with Gasteiger partial charge >= 0.3 is 0 Å². The van der Waals surface area contributed by atoms with E-state index in [1.165, 1.54) is 96.3 Å². The van der Waals surface area contributed by atoms with Crippen LogP contribution in [0.4, 0.5) is 0 Å². The predicted octanol–water partition coefficient (Wildman–Crippen LogP) is 6.53. The molecule has 0 aromatic heterocycles. The summed E-state index contributed by atoms with van der Waals surface area (Å²) in [6.07, 6.45) is 21.4. The Labute approximate surface area is 154 Å². The first kappa shape index (κ1) is 23.9. The predicted molar refractivity (Wildman–Crippen MR) is 111 cm³/mol. The topological polar surface area (TPSA) is 29.3 Å². The molecule has 0 radical (unpaired) electrons. The molecule has 2 N–H and O–H groups in total. The number of unbranched alkanes of at least 4 members (excludes halogenated alkanes) is 13. The second kappa shape index (κ2) is 19.2. The minimum absolute atomic E-state index is 0.609. The van der Waals surface area contributed by atoms with E-state index in [1.54, 1.807) is 0 Å². The van der Waals surface area contributed by atoms with E-state index in [0.717, 1.165) is 19.6 Å². The van der Waals surface area contributed by atoms with Crippen molar-refractivity contribution in [3.63, 3.8) is 0 Å². The number of likely N-dealkylation sites (N-methyl/N-ethyl adjacent to an activating group) is 1. The number of hydrogen-bond donors (Lipinski definition) is 1. The fourth-order valence-electron chi connectivity index (χ4n) is 3.76. The highest BCUT2D eigenvalue weighted by molar-refractivity contribution is 4.70. The SMILES string of the molecule is CCCCCCCCCCCCCCCCC(CN)N(CC)CC. The van der Waals surface area contributed by atoms with Gasteiger partial charge in [-0.3, -0.25) is 4.90 Å². The van der Waals surface area contributed by atoms with E-state index in [9.17, 15) is 0 Å². The summed E-state index contributed by atoms with van der Waals surface area (Å²) < 4.78 is 0. The van der Waals surface area contributed by atoms with Crippen LogP contribution in [0.5, 0.6) is 0 Å². The molecule has 2 nitrogen and oxygen atoms in total. The molecule has 1 atom stereocenters. The molecule has 146 valence electrons. The molecule has 0 fully saturated rings. The van der Waals surface area contributed by atoms with Crippen molar-refractivity contribution in [1.82, 2.24) is 4.90 Å². The van der Waals surface area contributed by atoms with E-state index < -0.39 is 0 Å². The third-order valence-electron chi connectivity index (χ3n) is 5.49. The van der Waals surface area contributed by atoms with E-state index in [0.29, 0.717) is 6.04 Å². The smallest absolute Gasteiger partial charge is 0.0218 e. The van der Waals surface area contributed by atoms with Crippen LogP contribution in [0.2, 0.25) is 0 Å². The highest BCUT2D eigenvalue weighted by Gasteiger charge is 2.12. The summed E-state index contributed by atoms with van der Waals surface area (Å²) >= 11 is 0. The molecule has 0 amide bonds. The van der Waals surface area contributed by atoms with Crippen molar-refractivity contribution in [1.29, 1.82) is 0 Å². The van der Waals surface area contributed by atoms with E-state index in [-0.39, 0.29) is 0 Å². The first-order valence-electron chi connectivity index (χ1n) is 11.2. The molecule has 0 aliphatic carbocycles. The fourth-order valence-corrected chi connectivity index (χ4v) is 3.76. The normalized spacial score (nSPS) is 12.9. The van der Waals surface area contributed by atoms with Crippen LogP contribution in [-0.4, -0.2) is 30.6 Å². The third kappa shape index (κ3) is 14.3. The van der Waals surface area contributed by atoms with Gasteiger partial charge in [0.1, 0.15) is 0 Å². The largest absolute Gasteiger partial charge is 0.329 e. The van der Waals surface area contributed by atoms with Crippen molar-refractivity contribution < 1.29 is 0 Å². The molecule has 0 heterocycles. The molecule has 1 unspecified atom stereocenters. The molecule has 0 bridgehead atoms. The van der Waals surface area contributed by atoms with Gasteiger partial charge in [0.05, 0.1) is 0 Å². The molecule has 0 rings (SSSR count). The molecule has 0 aromatic rings. The molecule has 24 heavy (non-hydrogen) atoms. The van der Waals surface area contributed by atoms with Crippen LogP contribution in [0.3, 0.4) is 0 Å². The maximum Gasteiger partial charge on any atom is 0.0218 e. The van der Waals surface area contributed by atoms with Crippen LogP contribution in [-0.2, 0) is 0 Å². The van der Waals surface area contributed by atoms with Gasteiger partial charge in [-0.15, -0.1) is 0 Å². The van der Waals surface area contributed by atoms with E-state index in [1.807, 2.05) is 0 Å². The van der Waals surface area contributed by atoms with E-state index in [4.69, 9.17) is 5.73 Å². The van der Waals surface area contributed by atoms with Gasteiger partial charge in [0, 0.05) is 12.6 Å². The van der Waals surface area contributed by atoms with Crippen molar-refractivity contribution in [3.8, 4) is 0 Å². The molecule has 0 aromatic carbocycles. The first-order chi connectivity index (χ1) is 11.8. The average Bonchev–Trinajstić information content (AvgIpc) is 2.61. The summed E-state index contributed by atoms with van der Waals surface area (Å²) in [4.78, 5) is 2.52. The molecule has 0 saturated heterocycles. The molecular formula is C22H48N2. The highest BCUT2D eigenvalue weighted by Crippen LogP contribution is 2.14. The molecule has 0 spiro atoms. The summed E-state index contributed by atoms with van der Waals surface area (Å²) in [6.45, 7) is 9.88. The van der Waals surface area contributed by atoms with Crippen molar-refractivity contribution in [2.75, 3.05) is 19.6 Å². The Kier molecular flexibility index (Phi) is 19.2. The second-order valence-electron chi connectivity index (χ2n) is 7.50. The van der Waals surface area contributed by atoms with Crippen LogP contribution in [0.15, 0.2) is 0 Å². The number of rotatable bonds is 19. The quantitative estimate of drug-likeness (QED) is 0.271. The lowest BCUT2D eigenvalue weighted by Crippen LogP contribution is -2.40. The van der Waals surface area contributed by atoms with Crippen LogP contribution in [0, 0.1) is 0 Å². The maximum atomic E-state index is 5.94. The van der Waals surface area contributed by atoms with Gasteiger partial charge in [0.15, 0.2) is 0 Å². The van der Waals surface area contributed by atoms with Gasteiger partial charge in [-0.05, 0) is 19.5 Å². The van der Waals surface area contributed by atoms with Crippen LogP contribution in [0.1, 0.15) is 117 Å². The summed E-state index contributed by atoms with van der Waals surface area (Å²) in [6, 6.07) is 0.609.